The van der Waals surface area contributed by atoms with E-state index in [4.69, 9.17) is 28.4 Å². The van der Waals surface area contributed by atoms with Gasteiger partial charge in [-0.1, -0.05) is 301 Å². The fraction of sp³-hybridized carbons (Fsp3) is 0.909. The molecule has 0 radical (unpaired) electrons. The number of amides is 1. The van der Waals surface area contributed by atoms with Crippen molar-refractivity contribution >= 4 is 5.91 Å². The highest BCUT2D eigenvalue weighted by molar-refractivity contribution is 5.76. The lowest BCUT2D eigenvalue weighted by atomic mass is 9.96. The van der Waals surface area contributed by atoms with E-state index in [0.717, 1.165) is 44.9 Å². The van der Waals surface area contributed by atoms with Gasteiger partial charge in [0.05, 0.1) is 38.6 Å². The molecule has 1 amide bonds. The molecule has 0 spiro atoms. The van der Waals surface area contributed by atoms with Gasteiger partial charge in [-0.25, -0.2) is 0 Å². The standard InChI is InChI=1S/C77H143NO18/c1-3-5-7-9-11-13-15-17-18-19-20-21-22-23-24-25-26-27-28-29-30-31-32-33-34-35-36-37-38-39-40-41-43-45-47-49-51-53-55-65(83)78-60(61(82)54-52-50-48-46-44-42-16-14-12-10-8-6-4-2)59-91-75-71(89)68(86)73(63(57-80)93-75)96-77-72(90)69(87)74(64(58-81)94-77)95-76-70(88)67(85)66(84)62(56-79)92-76/h12,14,44,46,52,54,60-64,66-77,79-82,84-90H,3-11,13,15-43,45,47-51,53,55-59H2,1-2H3,(H,78,83)/b14-12+,46-44+,54-52+. The maximum absolute atomic E-state index is 13.4. The fourth-order valence-corrected chi connectivity index (χ4v) is 13.3. The van der Waals surface area contributed by atoms with Crippen LogP contribution in [0.5, 0.6) is 0 Å². The fourth-order valence-electron chi connectivity index (χ4n) is 13.3. The minimum Gasteiger partial charge on any atom is -0.394 e. The van der Waals surface area contributed by atoms with Gasteiger partial charge in [-0.15, -0.1) is 0 Å². The van der Waals surface area contributed by atoms with Gasteiger partial charge < -0.3 is 89.9 Å². The highest BCUT2D eigenvalue weighted by Gasteiger charge is 2.53. The van der Waals surface area contributed by atoms with Crippen molar-refractivity contribution in [3.05, 3.63) is 36.5 Å². The highest BCUT2D eigenvalue weighted by Crippen LogP contribution is 2.33. The summed E-state index contributed by atoms with van der Waals surface area (Å²) in [5, 5.41) is 120. The van der Waals surface area contributed by atoms with Crippen LogP contribution in [0.15, 0.2) is 36.5 Å². The molecule has 19 heteroatoms. The zero-order chi connectivity index (χ0) is 69.6. The zero-order valence-corrected chi connectivity index (χ0v) is 60.1. The Labute approximate surface area is 581 Å². The van der Waals surface area contributed by atoms with Crippen LogP contribution in [-0.2, 0) is 33.2 Å². The summed E-state index contributed by atoms with van der Waals surface area (Å²) in [6, 6.07) is -0.994. The van der Waals surface area contributed by atoms with Gasteiger partial charge in [-0.3, -0.25) is 4.79 Å². The number of rotatable bonds is 62. The number of carbonyl (C=O) groups excluding carboxylic acids is 1. The molecule has 3 fully saturated rings. The smallest absolute Gasteiger partial charge is 0.220 e. The van der Waals surface area contributed by atoms with E-state index < -0.39 is 124 Å². The van der Waals surface area contributed by atoms with Gasteiger partial charge in [0.1, 0.15) is 73.2 Å². The number of ether oxygens (including phenoxy) is 6. The molecule has 3 aliphatic rings. The number of aliphatic hydroxyl groups is 11. The lowest BCUT2D eigenvalue weighted by Crippen LogP contribution is -2.66. The lowest BCUT2D eigenvalue weighted by Gasteiger charge is -2.48. The summed E-state index contributed by atoms with van der Waals surface area (Å²) in [6.07, 6.45) is 44.7. The number of hydrogen-bond donors (Lipinski definition) is 12. The number of carbonyl (C=O) groups is 1. The van der Waals surface area contributed by atoms with E-state index in [1.165, 1.54) is 238 Å². The van der Waals surface area contributed by atoms with Crippen LogP contribution < -0.4 is 5.32 Å². The van der Waals surface area contributed by atoms with Crippen molar-refractivity contribution in [1.29, 1.82) is 0 Å². The topological polar surface area (TPSA) is 307 Å². The third kappa shape index (κ3) is 38.9. The van der Waals surface area contributed by atoms with Crippen LogP contribution >= 0.6 is 0 Å². The quantitative estimate of drug-likeness (QED) is 0.0199. The predicted molar refractivity (Wildman–Crippen MR) is 379 cm³/mol. The Balaban J connectivity index is 1.29. The van der Waals surface area contributed by atoms with Crippen LogP contribution in [-0.4, -0.2) is 193 Å². The minimum atomic E-state index is -1.98. The average Bonchev–Trinajstić information content (AvgIpc) is 0.791. The predicted octanol–water partition coefficient (Wildman–Crippen LogP) is 12.3. The second-order valence-corrected chi connectivity index (χ2v) is 28.2. The van der Waals surface area contributed by atoms with E-state index in [-0.39, 0.29) is 18.9 Å². The van der Waals surface area contributed by atoms with E-state index in [9.17, 15) is 61.0 Å². The molecular weight excluding hydrogens is 1230 g/mol. The minimum absolute atomic E-state index is 0.236. The summed E-state index contributed by atoms with van der Waals surface area (Å²) in [4.78, 5) is 13.4. The summed E-state index contributed by atoms with van der Waals surface area (Å²) in [7, 11) is 0. The molecule has 3 rings (SSSR count). The summed E-state index contributed by atoms with van der Waals surface area (Å²) >= 11 is 0. The van der Waals surface area contributed by atoms with Crippen LogP contribution in [0, 0.1) is 0 Å². The Kier molecular flexibility index (Phi) is 53.8. The molecule has 564 valence electrons. The summed E-state index contributed by atoms with van der Waals surface area (Å²) in [5.74, 6) is -0.285. The SMILES string of the molecule is CCCCC/C=C/CC/C=C/CC/C=C/C(O)C(COC1OC(CO)C(OC2OC(CO)C(OC3OC(CO)C(O)C(O)C3O)C(O)C2O)C(O)C1O)NC(=O)CCCCCCCCCCCCCCCCCCCCCCCCCCCCCCCCCCCCCCCC. The van der Waals surface area contributed by atoms with E-state index in [1.807, 2.05) is 6.08 Å². The van der Waals surface area contributed by atoms with Crippen LogP contribution in [0.4, 0.5) is 0 Å². The molecule has 0 bridgehead atoms. The summed E-state index contributed by atoms with van der Waals surface area (Å²) < 4.78 is 34.3. The number of nitrogens with one attached hydrogen (secondary N) is 1. The molecule has 19 nitrogen and oxygen atoms in total. The van der Waals surface area contributed by atoms with Gasteiger partial charge >= 0.3 is 0 Å². The Morgan fingerprint density at radius 2 is 0.667 bits per heavy atom. The van der Waals surface area contributed by atoms with Gasteiger partial charge in [0.2, 0.25) is 5.91 Å². The molecule has 96 heavy (non-hydrogen) atoms. The Morgan fingerprint density at radius 3 is 1.04 bits per heavy atom. The van der Waals surface area contributed by atoms with Gasteiger partial charge in [0.15, 0.2) is 18.9 Å². The lowest BCUT2D eigenvalue weighted by molar-refractivity contribution is -0.379. The maximum atomic E-state index is 13.4. The second-order valence-electron chi connectivity index (χ2n) is 28.2. The van der Waals surface area contributed by atoms with E-state index >= 15 is 0 Å². The number of allylic oxidation sites excluding steroid dienone is 5. The van der Waals surface area contributed by atoms with Gasteiger partial charge in [0.25, 0.3) is 0 Å². The summed E-state index contributed by atoms with van der Waals surface area (Å²) in [6.45, 7) is 1.70. The van der Waals surface area contributed by atoms with Crippen molar-refractivity contribution in [3.8, 4) is 0 Å². The molecule has 17 atom stereocenters. The first kappa shape index (κ1) is 88.2. The van der Waals surface area contributed by atoms with Gasteiger partial charge in [-0.05, 0) is 44.9 Å². The molecule has 3 saturated heterocycles. The molecule has 0 saturated carbocycles. The van der Waals surface area contributed by atoms with Crippen molar-refractivity contribution in [3.63, 3.8) is 0 Å². The number of aliphatic hydroxyl groups excluding tert-OH is 11. The molecule has 0 aromatic heterocycles. The van der Waals surface area contributed by atoms with Crippen LogP contribution in [0.25, 0.3) is 0 Å². The van der Waals surface area contributed by atoms with E-state index in [1.54, 1.807) is 6.08 Å². The van der Waals surface area contributed by atoms with Gasteiger partial charge in [0, 0.05) is 6.42 Å². The second kappa shape index (κ2) is 58.5. The average molecular weight is 1370 g/mol. The monoisotopic (exact) mass is 1370 g/mol. The van der Waals surface area contributed by atoms with E-state index in [0.29, 0.717) is 12.8 Å². The van der Waals surface area contributed by atoms with Crippen molar-refractivity contribution in [2.24, 2.45) is 0 Å². The van der Waals surface area contributed by atoms with E-state index in [2.05, 4.69) is 43.5 Å². The number of unbranched alkanes of at least 4 members (excludes halogenated alkanes) is 42. The third-order valence-electron chi connectivity index (χ3n) is 19.7. The molecule has 0 aromatic carbocycles. The summed E-state index contributed by atoms with van der Waals surface area (Å²) in [5.41, 5.74) is 0. The first-order valence-corrected chi connectivity index (χ1v) is 39.2. The molecule has 17 unspecified atom stereocenters. The Morgan fingerprint density at radius 1 is 0.365 bits per heavy atom. The molecule has 3 heterocycles. The van der Waals surface area contributed by atoms with Crippen molar-refractivity contribution in [2.45, 2.75) is 420 Å². The normalized spacial score (nSPS) is 27.2. The largest absolute Gasteiger partial charge is 0.394 e. The first-order chi connectivity index (χ1) is 46.8. The van der Waals surface area contributed by atoms with Crippen LogP contribution in [0.2, 0.25) is 0 Å². The molecular formula is C77H143NO18. The Hall–Kier alpha value is -1.99. The molecule has 12 N–H and O–H groups in total. The van der Waals surface area contributed by atoms with Crippen molar-refractivity contribution in [1.82, 2.24) is 5.32 Å². The van der Waals surface area contributed by atoms with Gasteiger partial charge in [-0.2, -0.15) is 0 Å². The number of hydrogen-bond acceptors (Lipinski definition) is 18. The van der Waals surface area contributed by atoms with Crippen molar-refractivity contribution in [2.75, 3.05) is 26.4 Å². The van der Waals surface area contributed by atoms with Crippen LogP contribution in [0.1, 0.15) is 316 Å². The maximum Gasteiger partial charge on any atom is 0.220 e. The highest BCUT2D eigenvalue weighted by atomic mass is 16.8. The van der Waals surface area contributed by atoms with Crippen LogP contribution in [0.3, 0.4) is 0 Å². The molecule has 0 aliphatic carbocycles. The molecule has 3 aliphatic heterocycles. The first-order valence-electron chi connectivity index (χ1n) is 39.2. The Bertz CT molecular complexity index is 1880. The molecule has 0 aromatic rings. The third-order valence-corrected chi connectivity index (χ3v) is 19.7. The zero-order valence-electron chi connectivity index (χ0n) is 60.1. The van der Waals surface area contributed by atoms with Crippen molar-refractivity contribution < 1.29 is 89.4 Å².